The molecule has 0 bridgehead atoms. The maximum Gasteiger partial charge on any atom is 0.345 e. The van der Waals surface area contributed by atoms with E-state index in [4.69, 9.17) is 9.47 Å². The lowest BCUT2D eigenvalue weighted by molar-refractivity contribution is 0.0523. The van der Waals surface area contributed by atoms with Gasteiger partial charge in [-0.25, -0.2) is 9.78 Å². The number of ether oxygens (including phenoxy) is 2. The van der Waals surface area contributed by atoms with Gasteiger partial charge in [-0.1, -0.05) is 0 Å². The van der Waals surface area contributed by atoms with Gasteiger partial charge in [0.25, 0.3) is 5.56 Å². The van der Waals surface area contributed by atoms with Gasteiger partial charge in [0, 0.05) is 12.1 Å². The molecule has 1 fully saturated rings. The van der Waals surface area contributed by atoms with E-state index in [1.165, 1.54) is 6.20 Å². The molecule has 0 unspecified atom stereocenters. The predicted molar refractivity (Wildman–Crippen MR) is 89.1 cm³/mol. The summed E-state index contributed by atoms with van der Waals surface area (Å²) in [5, 5.41) is 0. The minimum absolute atomic E-state index is 0.0449. The fraction of sp³-hybridized carbons (Fsp3) is 0.389. The number of aryl methyl sites for hydroxylation is 1. The summed E-state index contributed by atoms with van der Waals surface area (Å²) in [6, 6.07) is 5.47. The average molecular weight is 328 g/mol. The van der Waals surface area contributed by atoms with Crippen molar-refractivity contribution in [3.63, 3.8) is 0 Å². The van der Waals surface area contributed by atoms with Crippen molar-refractivity contribution < 1.29 is 14.3 Å². The molecule has 6 heteroatoms. The van der Waals surface area contributed by atoms with E-state index in [0.717, 1.165) is 18.4 Å². The maximum absolute atomic E-state index is 12.9. The standard InChI is InChI=1S/C18H20N2O4/c1-4-24-18(22)14-10-19-16(12-5-6-12)20(17(14)21)15-8-7-13(23-3)9-11(15)2/h7-10,12H,4-6H2,1-3H3. The molecule has 0 saturated heterocycles. The molecule has 0 N–H and O–H groups in total. The van der Waals surface area contributed by atoms with Crippen molar-refractivity contribution in [1.82, 2.24) is 9.55 Å². The third-order valence-electron chi connectivity index (χ3n) is 4.07. The van der Waals surface area contributed by atoms with Gasteiger partial charge in [-0.15, -0.1) is 0 Å². The monoisotopic (exact) mass is 328 g/mol. The predicted octanol–water partition coefficient (Wildman–Crippen LogP) is 2.60. The summed E-state index contributed by atoms with van der Waals surface area (Å²) in [6.45, 7) is 3.82. The van der Waals surface area contributed by atoms with Crippen LogP contribution in [0.15, 0.2) is 29.2 Å². The van der Waals surface area contributed by atoms with Crippen LogP contribution in [0.1, 0.15) is 47.4 Å². The number of benzene rings is 1. The number of carbonyl (C=O) groups is 1. The van der Waals surface area contributed by atoms with E-state index in [2.05, 4.69) is 4.98 Å². The fourth-order valence-corrected chi connectivity index (χ4v) is 2.69. The zero-order valence-corrected chi connectivity index (χ0v) is 14.0. The lowest BCUT2D eigenvalue weighted by atomic mass is 10.1. The zero-order chi connectivity index (χ0) is 17.3. The summed E-state index contributed by atoms with van der Waals surface area (Å²) in [7, 11) is 1.60. The first kappa shape index (κ1) is 16.2. The zero-order valence-electron chi connectivity index (χ0n) is 14.0. The molecule has 6 nitrogen and oxygen atoms in total. The second-order valence-corrected chi connectivity index (χ2v) is 5.82. The average Bonchev–Trinajstić information content (AvgIpc) is 3.40. The third-order valence-corrected chi connectivity index (χ3v) is 4.07. The fourth-order valence-electron chi connectivity index (χ4n) is 2.69. The molecule has 1 aromatic heterocycles. The molecule has 0 spiro atoms. The van der Waals surface area contributed by atoms with E-state index in [0.29, 0.717) is 17.3 Å². The lowest BCUT2D eigenvalue weighted by Crippen LogP contribution is -2.30. The van der Waals surface area contributed by atoms with Crippen LogP contribution in [0.25, 0.3) is 5.69 Å². The molecule has 1 saturated carbocycles. The Hall–Kier alpha value is -2.63. The number of carbonyl (C=O) groups excluding carboxylic acids is 1. The Bertz CT molecular complexity index is 837. The van der Waals surface area contributed by atoms with Gasteiger partial charge in [-0.05, 0) is 50.5 Å². The molecular weight excluding hydrogens is 308 g/mol. The minimum Gasteiger partial charge on any atom is -0.497 e. The van der Waals surface area contributed by atoms with Crippen LogP contribution in [-0.2, 0) is 4.74 Å². The Morgan fingerprint density at radius 1 is 1.38 bits per heavy atom. The van der Waals surface area contributed by atoms with Gasteiger partial charge in [-0.2, -0.15) is 0 Å². The summed E-state index contributed by atoms with van der Waals surface area (Å²) in [6.07, 6.45) is 3.34. The molecule has 1 aliphatic rings. The van der Waals surface area contributed by atoms with Crippen molar-refractivity contribution in [3.05, 3.63) is 51.7 Å². The van der Waals surface area contributed by atoms with E-state index in [1.54, 1.807) is 24.7 Å². The van der Waals surface area contributed by atoms with E-state index in [9.17, 15) is 9.59 Å². The largest absolute Gasteiger partial charge is 0.497 e. The molecule has 3 rings (SSSR count). The highest BCUT2D eigenvalue weighted by atomic mass is 16.5. The number of hydrogen-bond acceptors (Lipinski definition) is 5. The SMILES string of the molecule is CCOC(=O)c1cnc(C2CC2)n(-c2ccc(OC)cc2C)c1=O. The second-order valence-electron chi connectivity index (χ2n) is 5.82. The molecule has 1 aliphatic carbocycles. The van der Waals surface area contributed by atoms with Gasteiger partial charge in [0.2, 0.25) is 0 Å². The first-order valence-corrected chi connectivity index (χ1v) is 8.01. The molecule has 24 heavy (non-hydrogen) atoms. The van der Waals surface area contributed by atoms with E-state index >= 15 is 0 Å². The van der Waals surface area contributed by atoms with Crippen molar-refractivity contribution in [2.24, 2.45) is 0 Å². The van der Waals surface area contributed by atoms with Crippen LogP contribution >= 0.6 is 0 Å². The topological polar surface area (TPSA) is 70.4 Å². The normalized spacial score (nSPS) is 13.6. The summed E-state index contributed by atoms with van der Waals surface area (Å²) >= 11 is 0. The minimum atomic E-state index is -0.641. The second kappa shape index (κ2) is 6.47. The summed E-state index contributed by atoms with van der Waals surface area (Å²) < 4.78 is 11.7. The summed E-state index contributed by atoms with van der Waals surface area (Å²) in [5.41, 5.74) is 1.15. The molecule has 0 atom stereocenters. The molecule has 0 amide bonds. The maximum atomic E-state index is 12.9. The number of rotatable bonds is 5. The molecule has 0 aliphatic heterocycles. The van der Waals surface area contributed by atoms with Gasteiger partial charge >= 0.3 is 5.97 Å². The Labute approximate surface area is 140 Å². The van der Waals surface area contributed by atoms with Crippen molar-refractivity contribution in [2.75, 3.05) is 13.7 Å². The van der Waals surface area contributed by atoms with Crippen LogP contribution in [0.2, 0.25) is 0 Å². The summed E-state index contributed by atoms with van der Waals surface area (Å²) in [5.74, 6) is 1.03. The summed E-state index contributed by atoms with van der Waals surface area (Å²) in [4.78, 5) is 29.4. The molecule has 126 valence electrons. The number of methoxy groups -OCH3 is 1. The number of esters is 1. The van der Waals surface area contributed by atoms with Crippen molar-refractivity contribution in [1.29, 1.82) is 0 Å². The van der Waals surface area contributed by atoms with Crippen molar-refractivity contribution in [2.45, 2.75) is 32.6 Å². The van der Waals surface area contributed by atoms with Gasteiger partial charge in [0.1, 0.15) is 17.1 Å². The molecular formula is C18H20N2O4. The van der Waals surface area contributed by atoms with E-state index < -0.39 is 11.5 Å². The first-order valence-electron chi connectivity index (χ1n) is 8.01. The number of aromatic nitrogens is 2. The van der Waals surface area contributed by atoms with Crippen LogP contribution in [0, 0.1) is 6.92 Å². The Morgan fingerprint density at radius 3 is 2.71 bits per heavy atom. The molecule has 1 heterocycles. The highest BCUT2D eigenvalue weighted by Crippen LogP contribution is 2.39. The molecule has 1 aromatic carbocycles. The van der Waals surface area contributed by atoms with Crippen molar-refractivity contribution in [3.8, 4) is 11.4 Å². The molecule has 0 radical (unpaired) electrons. The van der Waals surface area contributed by atoms with Crippen molar-refractivity contribution >= 4 is 5.97 Å². The number of nitrogens with zero attached hydrogens (tertiary/aromatic N) is 2. The van der Waals surface area contributed by atoms with Crippen LogP contribution < -0.4 is 10.3 Å². The smallest absolute Gasteiger partial charge is 0.345 e. The van der Waals surface area contributed by atoms with Crippen LogP contribution in [-0.4, -0.2) is 29.2 Å². The number of hydrogen-bond donors (Lipinski definition) is 0. The van der Waals surface area contributed by atoms with E-state index in [-0.39, 0.29) is 18.1 Å². The quantitative estimate of drug-likeness (QED) is 0.789. The highest BCUT2D eigenvalue weighted by molar-refractivity contribution is 5.88. The van der Waals surface area contributed by atoms with Crippen LogP contribution in [0.5, 0.6) is 5.75 Å². The van der Waals surface area contributed by atoms with Gasteiger partial charge in [-0.3, -0.25) is 9.36 Å². The Kier molecular flexibility index (Phi) is 4.38. The Morgan fingerprint density at radius 2 is 2.12 bits per heavy atom. The Balaban J connectivity index is 2.19. The highest BCUT2D eigenvalue weighted by Gasteiger charge is 2.31. The van der Waals surface area contributed by atoms with E-state index in [1.807, 2.05) is 19.1 Å². The first-order chi connectivity index (χ1) is 11.6. The molecule has 2 aromatic rings. The van der Waals surface area contributed by atoms with Gasteiger partial charge in [0.05, 0.1) is 19.4 Å². The lowest BCUT2D eigenvalue weighted by Gasteiger charge is -2.15. The third kappa shape index (κ3) is 2.91. The van der Waals surface area contributed by atoms with Gasteiger partial charge < -0.3 is 9.47 Å². The van der Waals surface area contributed by atoms with Crippen LogP contribution in [0.3, 0.4) is 0 Å². The van der Waals surface area contributed by atoms with Crippen LogP contribution in [0.4, 0.5) is 0 Å². The van der Waals surface area contributed by atoms with Gasteiger partial charge in [0.15, 0.2) is 0 Å².